The summed E-state index contributed by atoms with van der Waals surface area (Å²) >= 11 is 0. The van der Waals surface area contributed by atoms with Crippen molar-refractivity contribution in [3.05, 3.63) is 74.3 Å². The van der Waals surface area contributed by atoms with Crippen molar-refractivity contribution in [3.63, 3.8) is 0 Å². The van der Waals surface area contributed by atoms with Crippen LogP contribution < -0.4 is 11.1 Å². The summed E-state index contributed by atoms with van der Waals surface area (Å²) in [5.74, 6) is -1.37. The summed E-state index contributed by atoms with van der Waals surface area (Å²) < 4.78 is 11.2. The van der Waals surface area contributed by atoms with E-state index in [2.05, 4.69) is 5.32 Å². The average molecular weight is 441 g/mol. The number of benzene rings is 2. The van der Waals surface area contributed by atoms with Crippen LogP contribution in [0.3, 0.4) is 0 Å². The number of non-ortho nitro benzene ring substituents is 1. The van der Waals surface area contributed by atoms with Gasteiger partial charge in [-0.25, -0.2) is 4.79 Å². The van der Waals surface area contributed by atoms with Gasteiger partial charge in [0, 0.05) is 19.0 Å². The summed E-state index contributed by atoms with van der Waals surface area (Å²) in [6, 6.07) is 10.9. The lowest BCUT2D eigenvalue weighted by atomic mass is 10.0. The number of hydrogen-bond donors (Lipinski definition) is 1. The van der Waals surface area contributed by atoms with E-state index in [-0.39, 0.29) is 36.6 Å². The van der Waals surface area contributed by atoms with Crippen LogP contribution in [0.25, 0.3) is 11.1 Å². The summed E-state index contributed by atoms with van der Waals surface area (Å²) in [5.41, 5.74) is 2.20. The number of amides is 1. The van der Waals surface area contributed by atoms with E-state index in [4.69, 9.17) is 9.15 Å². The first-order valence-corrected chi connectivity index (χ1v) is 9.99. The molecule has 2 aromatic carbocycles. The number of aryl methyl sites for hydroxylation is 2. The molecular formula is C22H23N3O7. The Morgan fingerprint density at radius 3 is 2.59 bits per heavy atom. The van der Waals surface area contributed by atoms with Crippen LogP contribution in [0, 0.1) is 17.0 Å². The maximum Gasteiger partial charge on any atom is 0.419 e. The van der Waals surface area contributed by atoms with Crippen molar-refractivity contribution in [1.82, 2.24) is 9.88 Å². The van der Waals surface area contributed by atoms with Gasteiger partial charge in [-0.3, -0.25) is 24.3 Å². The second-order valence-corrected chi connectivity index (χ2v) is 7.34. The molecule has 1 amide bonds. The van der Waals surface area contributed by atoms with Crippen molar-refractivity contribution < 1.29 is 23.7 Å². The van der Waals surface area contributed by atoms with Gasteiger partial charge in [0.15, 0.2) is 5.58 Å². The van der Waals surface area contributed by atoms with Gasteiger partial charge in [0.1, 0.15) is 0 Å². The van der Waals surface area contributed by atoms with Crippen LogP contribution in [-0.4, -0.2) is 28.5 Å². The molecule has 3 rings (SSSR count). The summed E-state index contributed by atoms with van der Waals surface area (Å²) in [6.45, 7) is 2.14. The smallest absolute Gasteiger partial charge is 0.419 e. The van der Waals surface area contributed by atoms with Crippen LogP contribution in [0.4, 0.5) is 5.69 Å². The molecule has 1 heterocycles. The van der Waals surface area contributed by atoms with Crippen molar-refractivity contribution in [3.8, 4) is 0 Å². The Labute approximate surface area is 182 Å². The molecule has 10 nitrogen and oxygen atoms in total. The minimum Gasteiger partial charge on any atom is -0.469 e. The number of nitro benzene ring substituents is 1. The van der Waals surface area contributed by atoms with E-state index >= 15 is 0 Å². The van der Waals surface area contributed by atoms with Crippen LogP contribution in [0.5, 0.6) is 0 Å². The quantitative estimate of drug-likeness (QED) is 0.306. The normalized spacial score (nSPS) is 11.8. The minimum absolute atomic E-state index is 0.00406. The van der Waals surface area contributed by atoms with Crippen LogP contribution in [0.2, 0.25) is 0 Å². The van der Waals surface area contributed by atoms with Crippen molar-refractivity contribution in [1.29, 1.82) is 0 Å². The first-order valence-electron chi connectivity index (χ1n) is 9.99. The third-order valence-corrected chi connectivity index (χ3v) is 5.06. The number of carbonyl (C=O) groups is 2. The molecule has 168 valence electrons. The molecule has 0 spiro atoms. The second-order valence-electron chi connectivity index (χ2n) is 7.34. The molecule has 0 aliphatic heterocycles. The van der Waals surface area contributed by atoms with Crippen LogP contribution in [-0.2, 0) is 20.9 Å². The molecule has 10 heteroatoms. The Kier molecular flexibility index (Phi) is 7.04. The highest BCUT2D eigenvalue weighted by Gasteiger charge is 2.19. The van der Waals surface area contributed by atoms with E-state index in [9.17, 15) is 24.5 Å². The van der Waals surface area contributed by atoms with Crippen molar-refractivity contribution in [2.45, 2.75) is 38.8 Å². The highest BCUT2D eigenvalue weighted by Crippen LogP contribution is 2.21. The van der Waals surface area contributed by atoms with Gasteiger partial charge in [0.05, 0.1) is 36.1 Å². The number of carbonyl (C=O) groups excluding carboxylic acids is 2. The summed E-state index contributed by atoms with van der Waals surface area (Å²) in [4.78, 5) is 46.7. The molecule has 32 heavy (non-hydrogen) atoms. The first kappa shape index (κ1) is 22.7. The Bertz CT molecular complexity index is 1190. The predicted molar refractivity (Wildman–Crippen MR) is 115 cm³/mol. The predicted octanol–water partition coefficient (Wildman–Crippen LogP) is 3.01. The minimum atomic E-state index is -0.649. The number of nitrogens with zero attached hydrogens (tertiary/aromatic N) is 2. The van der Waals surface area contributed by atoms with Gasteiger partial charge >= 0.3 is 11.7 Å². The van der Waals surface area contributed by atoms with Gasteiger partial charge in [-0.05, 0) is 25.0 Å². The fourth-order valence-electron chi connectivity index (χ4n) is 3.35. The molecule has 1 N–H and O–H groups in total. The molecule has 0 radical (unpaired) electrons. The molecule has 0 aliphatic carbocycles. The number of nitro groups is 1. The summed E-state index contributed by atoms with van der Waals surface area (Å²) in [6.07, 6.45) is 0.432. The van der Waals surface area contributed by atoms with Crippen molar-refractivity contribution >= 4 is 28.7 Å². The number of aromatic nitrogens is 1. The molecule has 1 unspecified atom stereocenters. The van der Waals surface area contributed by atoms with Gasteiger partial charge in [0.2, 0.25) is 5.91 Å². The third kappa shape index (κ3) is 5.39. The van der Waals surface area contributed by atoms with Gasteiger partial charge in [-0.2, -0.15) is 0 Å². The number of nitrogens with one attached hydrogen (secondary N) is 1. The molecule has 0 saturated carbocycles. The fourth-order valence-corrected chi connectivity index (χ4v) is 3.35. The van der Waals surface area contributed by atoms with Crippen LogP contribution in [0.15, 0.2) is 51.7 Å². The molecule has 1 atom stereocenters. The lowest BCUT2D eigenvalue weighted by Crippen LogP contribution is -2.30. The Balaban J connectivity index is 1.64. The topological polar surface area (TPSA) is 134 Å². The van der Waals surface area contributed by atoms with Gasteiger partial charge in [-0.1, -0.05) is 29.8 Å². The molecular weight excluding hydrogens is 418 g/mol. The highest BCUT2D eigenvalue weighted by atomic mass is 16.6. The van der Waals surface area contributed by atoms with E-state index in [1.165, 1.54) is 29.9 Å². The third-order valence-electron chi connectivity index (χ3n) is 5.06. The van der Waals surface area contributed by atoms with Crippen LogP contribution in [0.1, 0.15) is 36.4 Å². The summed E-state index contributed by atoms with van der Waals surface area (Å²) in [7, 11) is 1.29. The second kappa shape index (κ2) is 9.90. The highest BCUT2D eigenvalue weighted by molar-refractivity contribution is 5.78. The standard InChI is InChI=1S/C22H23N3O7/c1-14-5-7-15(8-6-14)17(13-21(27)31-2)23-20(26)4-3-11-24-18-10-9-16(25(29)30)12-19(18)32-22(24)28/h5-10,12,17H,3-4,11,13H2,1-2H3,(H,23,26). The van der Waals surface area contributed by atoms with Gasteiger partial charge in [0.25, 0.3) is 5.69 Å². The Morgan fingerprint density at radius 1 is 1.22 bits per heavy atom. The lowest BCUT2D eigenvalue weighted by Gasteiger charge is -2.18. The zero-order valence-corrected chi connectivity index (χ0v) is 17.7. The van der Waals surface area contributed by atoms with E-state index in [0.717, 1.165) is 11.1 Å². The van der Waals surface area contributed by atoms with E-state index in [1.807, 2.05) is 31.2 Å². The maximum absolute atomic E-state index is 12.5. The monoisotopic (exact) mass is 441 g/mol. The molecule has 3 aromatic rings. The Hall–Kier alpha value is -3.95. The Morgan fingerprint density at radius 2 is 1.94 bits per heavy atom. The van der Waals surface area contributed by atoms with Crippen molar-refractivity contribution in [2.75, 3.05) is 7.11 Å². The van der Waals surface area contributed by atoms with Gasteiger partial charge < -0.3 is 14.5 Å². The molecule has 1 aromatic heterocycles. The number of ether oxygens (including phenoxy) is 1. The lowest BCUT2D eigenvalue weighted by molar-refractivity contribution is -0.384. The number of hydrogen-bond acceptors (Lipinski definition) is 7. The summed E-state index contributed by atoms with van der Waals surface area (Å²) in [5, 5.41) is 13.7. The first-order chi connectivity index (χ1) is 15.3. The molecule has 0 aliphatic rings. The molecule has 0 bridgehead atoms. The van der Waals surface area contributed by atoms with E-state index < -0.39 is 22.7 Å². The number of methoxy groups -OCH3 is 1. The number of esters is 1. The van der Waals surface area contributed by atoms with Gasteiger partial charge in [-0.15, -0.1) is 0 Å². The molecule has 0 fully saturated rings. The van der Waals surface area contributed by atoms with E-state index in [0.29, 0.717) is 11.9 Å². The SMILES string of the molecule is COC(=O)CC(NC(=O)CCCn1c(=O)oc2cc([N+](=O)[O-])ccc21)c1ccc(C)cc1. The number of fused-ring (bicyclic) bond motifs is 1. The van der Waals surface area contributed by atoms with Crippen LogP contribution >= 0.6 is 0 Å². The zero-order chi connectivity index (χ0) is 23.3. The maximum atomic E-state index is 12.5. The zero-order valence-electron chi connectivity index (χ0n) is 17.7. The largest absolute Gasteiger partial charge is 0.469 e. The van der Waals surface area contributed by atoms with E-state index in [1.54, 1.807) is 0 Å². The number of oxazole rings is 1. The fraction of sp³-hybridized carbons (Fsp3) is 0.318. The van der Waals surface area contributed by atoms with Crippen molar-refractivity contribution in [2.24, 2.45) is 0 Å². The number of rotatable bonds is 9. The average Bonchev–Trinajstić information content (AvgIpc) is 3.08. The molecule has 0 saturated heterocycles.